The number of hydrogen-bond acceptors (Lipinski definition) is 2. The Morgan fingerprint density at radius 3 is 2.42 bits per heavy atom. The molecule has 0 saturated heterocycles. The highest BCUT2D eigenvalue weighted by Crippen LogP contribution is 2.04. The molecule has 0 N–H and O–H groups in total. The summed E-state index contributed by atoms with van der Waals surface area (Å²) in [5.74, 6) is -0.522. The number of rotatable bonds is 2. The van der Waals surface area contributed by atoms with Crippen molar-refractivity contribution in [2.24, 2.45) is 0 Å². The zero-order valence-electron chi connectivity index (χ0n) is 6.20. The molecule has 1 nitrogen and oxygen atoms in total. The molecule has 0 aliphatic heterocycles. The minimum Gasteiger partial charge on any atom is -0.289 e. The smallest absolute Gasteiger partial charge is 0.186 e. The average Bonchev–Trinajstić information content (AvgIpc) is 2.06. The molecule has 0 bridgehead atoms. The van der Waals surface area contributed by atoms with Crippen LogP contribution < -0.4 is 0 Å². The maximum Gasteiger partial charge on any atom is 0.186 e. The summed E-state index contributed by atoms with van der Waals surface area (Å²) in [6.45, 7) is 0. The van der Waals surface area contributed by atoms with Gasteiger partial charge in [0.25, 0.3) is 0 Å². The second-order valence-corrected chi connectivity index (χ2v) is 2.49. The van der Waals surface area contributed by atoms with Crippen LogP contribution in [0.25, 0.3) is 0 Å². The van der Waals surface area contributed by atoms with Crippen LogP contribution in [0.2, 0.25) is 0 Å². The Morgan fingerprint density at radius 1 is 1.33 bits per heavy atom. The van der Waals surface area contributed by atoms with Crippen molar-refractivity contribution in [1.29, 1.82) is 0 Å². The topological polar surface area (TPSA) is 17.1 Å². The van der Waals surface area contributed by atoms with Gasteiger partial charge in [-0.3, -0.25) is 4.79 Å². The fourth-order valence-corrected chi connectivity index (χ4v) is 0.913. The van der Waals surface area contributed by atoms with E-state index in [-0.39, 0.29) is 11.6 Å². The molecule has 62 valence electrons. The standard InChI is InChI=1S/C9H7FOS/c10-8-3-1-7(2-4-8)9(11)5-6-12/h1-6,12H/b6-5+. The quantitative estimate of drug-likeness (QED) is 0.422. The maximum atomic E-state index is 12.4. The Bertz CT molecular complexity index is 303. The van der Waals surface area contributed by atoms with Gasteiger partial charge in [-0.05, 0) is 35.7 Å². The molecule has 3 heteroatoms. The predicted octanol–water partition coefficient (Wildman–Crippen LogP) is 2.45. The Balaban J connectivity index is 2.90. The van der Waals surface area contributed by atoms with Gasteiger partial charge in [0.1, 0.15) is 5.82 Å². The summed E-state index contributed by atoms with van der Waals surface area (Å²) >= 11 is 3.76. The van der Waals surface area contributed by atoms with Crippen LogP contribution in [0.1, 0.15) is 10.4 Å². The van der Waals surface area contributed by atoms with Gasteiger partial charge in [-0.1, -0.05) is 0 Å². The second kappa shape index (κ2) is 4.07. The third-order valence-corrected chi connectivity index (χ3v) is 1.50. The van der Waals surface area contributed by atoms with Crippen LogP contribution in [0.15, 0.2) is 35.7 Å². The van der Waals surface area contributed by atoms with Crippen LogP contribution in [-0.2, 0) is 0 Å². The van der Waals surface area contributed by atoms with E-state index >= 15 is 0 Å². The van der Waals surface area contributed by atoms with Gasteiger partial charge in [-0.25, -0.2) is 4.39 Å². The summed E-state index contributed by atoms with van der Waals surface area (Å²) in [5.41, 5.74) is 0.460. The Hall–Kier alpha value is -1.09. The molecule has 12 heavy (non-hydrogen) atoms. The van der Waals surface area contributed by atoms with Crippen molar-refractivity contribution >= 4 is 18.4 Å². The van der Waals surface area contributed by atoms with Gasteiger partial charge < -0.3 is 0 Å². The van der Waals surface area contributed by atoms with E-state index in [0.29, 0.717) is 5.56 Å². The van der Waals surface area contributed by atoms with Gasteiger partial charge in [0.05, 0.1) is 0 Å². The fraction of sp³-hybridized carbons (Fsp3) is 0. The summed E-state index contributed by atoms with van der Waals surface area (Å²) in [5, 5.41) is 1.35. The van der Waals surface area contributed by atoms with Crippen LogP contribution in [0.4, 0.5) is 4.39 Å². The molecule has 0 amide bonds. The van der Waals surface area contributed by atoms with Gasteiger partial charge in [-0.2, -0.15) is 12.6 Å². The van der Waals surface area contributed by atoms with Gasteiger partial charge in [0.2, 0.25) is 0 Å². The first kappa shape index (κ1) is 9.00. The third-order valence-electron chi connectivity index (χ3n) is 1.35. The first-order chi connectivity index (χ1) is 5.74. The van der Waals surface area contributed by atoms with E-state index < -0.39 is 0 Å². The van der Waals surface area contributed by atoms with Crippen LogP contribution in [-0.4, -0.2) is 5.78 Å². The largest absolute Gasteiger partial charge is 0.289 e. The first-order valence-electron chi connectivity index (χ1n) is 3.34. The van der Waals surface area contributed by atoms with E-state index in [9.17, 15) is 9.18 Å². The van der Waals surface area contributed by atoms with E-state index in [1.165, 1.54) is 35.7 Å². The number of hydrogen-bond donors (Lipinski definition) is 1. The second-order valence-electron chi connectivity index (χ2n) is 2.19. The SMILES string of the molecule is O=C(/C=C/S)c1ccc(F)cc1. The molecule has 1 aromatic rings. The Morgan fingerprint density at radius 2 is 1.92 bits per heavy atom. The molecule has 0 aromatic heterocycles. The van der Waals surface area contributed by atoms with Crippen molar-refractivity contribution in [3.8, 4) is 0 Å². The normalized spacial score (nSPS) is 10.5. The molecule has 0 aliphatic carbocycles. The summed E-state index contributed by atoms with van der Waals surface area (Å²) in [6.07, 6.45) is 1.32. The summed E-state index contributed by atoms with van der Waals surface area (Å²) in [7, 11) is 0. The van der Waals surface area contributed by atoms with Crippen LogP contribution >= 0.6 is 12.6 Å². The van der Waals surface area contributed by atoms with Crippen LogP contribution in [0, 0.1) is 5.82 Å². The molecule has 0 heterocycles. The molecule has 0 saturated carbocycles. The number of carbonyl (C=O) groups is 1. The van der Waals surface area contributed by atoms with Crippen molar-refractivity contribution in [3.63, 3.8) is 0 Å². The van der Waals surface area contributed by atoms with Crippen molar-refractivity contribution in [3.05, 3.63) is 47.1 Å². The lowest BCUT2D eigenvalue weighted by Gasteiger charge is -1.93. The Labute approximate surface area is 75.3 Å². The first-order valence-corrected chi connectivity index (χ1v) is 3.86. The number of thiol groups is 1. The fourth-order valence-electron chi connectivity index (χ4n) is 0.778. The molecule has 0 spiro atoms. The van der Waals surface area contributed by atoms with E-state index in [1.807, 2.05) is 0 Å². The maximum absolute atomic E-state index is 12.4. The van der Waals surface area contributed by atoms with Crippen molar-refractivity contribution in [2.75, 3.05) is 0 Å². The highest BCUT2D eigenvalue weighted by Gasteiger charge is 1.99. The molecule has 1 aromatic carbocycles. The van der Waals surface area contributed by atoms with E-state index in [4.69, 9.17) is 0 Å². The van der Waals surface area contributed by atoms with Crippen LogP contribution in [0.3, 0.4) is 0 Å². The molecular formula is C9H7FOS. The van der Waals surface area contributed by atoms with Gasteiger partial charge in [-0.15, -0.1) is 0 Å². The zero-order chi connectivity index (χ0) is 8.97. The van der Waals surface area contributed by atoms with Gasteiger partial charge >= 0.3 is 0 Å². The summed E-state index contributed by atoms with van der Waals surface area (Å²) in [6, 6.07) is 5.37. The average molecular weight is 182 g/mol. The van der Waals surface area contributed by atoms with Crippen molar-refractivity contribution in [2.45, 2.75) is 0 Å². The lowest BCUT2D eigenvalue weighted by molar-refractivity contribution is 0.104. The molecular weight excluding hydrogens is 175 g/mol. The Kier molecular flexibility index (Phi) is 3.05. The monoisotopic (exact) mass is 182 g/mol. The lowest BCUT2D eigenvalue weighted by Crippen LogP contribution is -1.92. The molecule has 1 rings (SSSR count). The number of allylic oxidation sites excluding steroid dienone is 1. The van der Waals surface area contributed by atoms with Crippen molar-refractivity contribution < 1.29 is 9.18 Å². The van der Waals surface area contributed by atoms with E-state index in [1.54, 1.807) is 0 Å². The molecule has 0 aliphatic rings. The van der Waals surface area contributed by atoms with E-state index in [2.05, 4.69) is 12.6 Å². The van der Waals surface area contributed by atoms with Crippen LogP contribution in [0.5, 0.6) is 0 Å². The van der Waals surface area contributed by atoms with Crippen molar-refractivity contribution in [1.82, 2.24) is 0 Å². The van der Waals surface area contributed by atoms with E-state index in [0.717, 1.165) is 0 Å². The van der Waals surface area contributed by atoms with Gasteiger partial charge in [0, 0.05) is 5.56 Å². The zero-order valence-corrected chi connectivity index (χ0v) is 7.09. The number of benzene rings is 1. The number of ketones is 1. The third kappa shape index (κ3) is 2.20. The molecule has 0 unspecified atom stereocenters. The molecule has 0 radical (unpaired) electrons. The number of carbonyl (C=O) groups excluding carboxylic acids is 1. The van der Waals surface area contributed by atoms with Gasteiger partial charge in [0.15, 0.2) is 5.78 Å². The highest BCUT2D eigenvalue weighted by molar-refractivity contribution is 7.83. The molecule has 0 fully saturated rings. The minimum atomic E-state index is -0.346. The highest BCUT2D eigenvalue weighted by atomic mass is 32.1. The lowest BCUT2D eigenvalue weighted by atomic mass is 10.1. The number of halogens is 1. The summed E-state index contributed by atoms with van der Waals surface area (Å²) < 4.78 is 12.4. The summed E-state index contributed by atoms with van der Waals surface area (Å²) in [4.78, 5) is 11.1. The predicted molar refractivity (Wildman–Crippen MR) is 48.9 cm³/mol. The minimum absolute atomic E-state index is 0.176. The molecule has 0 atom stereocenters.